The Morgan fingerprint density at radius 1 is 1.10 bits per heavy atom. The highest BCUT2D eigenvalue weighted by molar-refractivity contribution is 7.98. The SMILES string of the molecule is Cc1cc(CSc2ccc(F)cc2)c(C)c(C2C(C#N)=C(N)N(c3ccc(Cl)cc3Cl)C3=C2C(=O)CCC3)c1. The number of nitrogens with two attached hydrogens (primary N) is 1. The summed E-state index contributed by atoms with van der Waals surface area (Å²) in [5, 5.41) is 11.3. The Balaban J connectivity index is 1.64. The van der Waals surface area contributed by atoms with E-state index in [9.17, 15) is 14.4 Å². The maximum absolute atomic E-state index is 13.6. The molecule has 8 heteroatoms. The summed E-state index contributed by atoms with van der Waals surface area (Å²) in [4.78, 5) is 16.3. The summed E-state index contributed by atoms with van der Waals surface area (Å²) >= 11 is 14.3. The minimum Gasteiger partial charge on any atom is -0.384 e. The third kappa shape index (κ3) is 5.19. The first-order valence-electron chi connectivity index (χ1n) is 12.6. The number of nitriles is 1. The van der Waals surface area contributed by atoms with Crippen LogP contribution in [0.25, 0.3) is 0 Å². The van der Waals surface area contributed by atoms with Crippen LogP contribution >= 0.6 is 35.0 Å². The van der Waals surface area contributed by atoms with Crippen molar-refractivity contribution >= 4 is 46.4 Å². The van der Waals surface area contributed by atoms with Gasteiger partial charge in [-0.1, -0.05) is 40.9 Å². The number of benzene rings is 3. The molecule has 198 valence electrons. The van der Waals surface area contributed by atoms with Crippen LogP contribution in [-0.4, -0.2) is 5.78 Å². The molecule has 0 spiro atoms. The van der Waals surface area contributed by atoms with Crippen molar-refractivity contribution in [1.82, 2.24) is 0 Å². The molecule has 39 heavy (non-hydrogen) atoms. The van der Waals surface area contributed by atoms with Crippen LogP contribution in [0.15, 0.2) is 82.2 Å². The number of hydrogen-bond donors (Lipinski definition) is 1. The summed E-state index contributed by atoms with van der Waals surface area (Å²) in [5.74, 6) is 0.0960. The number of hydrogen-bond acceptors (Lipinski definition) is 5. The molecular weight excluding hydrogens is 552 g/mol. The van der Waals surface area contributed by atoms with Gasteiger partial charge in [-0.2, -0.15) is 5.26 Å². The lowest BCUT2D eigenvalue weighted by Crippen LogP contribution is -2.39. The average Bonchev–Trinajstić information content (AvgIpc) is 2.90. The number of rotatable bonds is 5. The summed E-state index contributed by atoms with van der Waals surface area (Å²) in [7, 11) is 0. The monoisotopic (exact) mass is 577 g/mol. The van der Waals surface area contributed by atoms with Crippen LogP contribution in [0, 0.1) is 31.0 Å². The van der Waals surface area contributed by atoms with Gasteiger partial charge in [-0.15, -0.1) is 11.8 Å². The predicted octanol–water partition coefficient (Wildman–Crippen LogP) is 8.35. The molecule has 2 aliphatic rings. The number of ketones is 1. The summed E-state index contributed by atoms with van der Waals surface area (Å²) in [6.07, 6.45) is 1.73. The van der Waals surface area contributed by atoms with E-state index in [2.05, 4.69) is 12.1 Å². The van der Waals surface area contributed by atoms with Gasteiger partial charge in [-0.25, -0.2) is 4.39 Å². The standard InChI is InChI=1S/C31H26Cl2FN3OS/c1-17-12-19(16-39-22-9-7-21(34)8-10-22)18(2)23(13-17)29-24(15-35)31(36)37(26-11-6-20(32)14-25(26)33)27-4-3-5-28(38)30(27)29/h6-14,29H,3-5,16,36H2,1-2H3. The molecule has 0 bridgehead atoms. The van der Waals surface area contributed by atoms with E-state index >= 15 is 0 Å². The Labute approximate surface area is 241 Å². The molecule has 1 heterocycles. The molecule has 1 unspecified atom stereocenters. The Bertz CT molecular complexity index is 1590. The molecule has 1 aliphatic carbocycles. The zero-order valence-electron chi connectivity index (χ0n) is 21.5. The van der Waals surface area contributed by atoms with Crippen LogP contribution < -0.4 is 10.6 Å². The van der Waals surface area contributed by atoms with Gasteiger partial charge in [0, 0.05) is 33.4 Å². The van der Waals surface area contributed by atoms with E-state index < -0.39 is 5.92 Å². The zero-order chi connectivity index (χ0) is 27.8. The molecule has 3 aromatic rings. The Morgan fingerprint density at radius 3 is 2.54 bits per heavy atom. The molecule has 0 aromatic heterocycles. The van der Waals surface area contributed by atoms with Gasteiger partial charge in [0.05, 0.1) is 28.3 Å². The smallest absolute Gasteiger partial charge is 0.161 e. The number of carbonyl (C=O) groups is 1. The van der Waals surface area contributed by atoms with Gasteiger partial charge in [0.25, 0.3) is 0 Å². The predicted molar refractivity (Wildman–Crippen MR) is 156 cm³/mol. The molecule has 2 N–H and O–H groups in total. The molecule has 1 aliphatic heterocycles. The molecule has 0 saturated carbocycles. The fourth-order valence-electron chi connectivity index (χ4n) is 5.44. The quantitative estimate of drug-likeness (QED) is 0.308. The van der Waals surface area contributed by atoms with E-state index in [-0.39, 0.29) is 17.4 Å². The van der Waals surface area contributed by atoms with E-state index in [0.717, 1.165) is 32.8 Å². The van der Waals surface area contributed by atoms with Crippen LogP contribution in [0.1, 0.15) is 47.4 Å². The molecule has 4 nitrogen and oxygen atoms in total. The van der Waals surface area contributed by atoms with Gasteiger partial charge in [-0.3, -0.25) is 9.69 Å². The highest BCUT2D eigenvalue weighted by Crippen LogP contribution is 2.48. The third-order valence-corrected chi connectivity index (χ3v) is 8.88. The lowest BCUT2D eigenvalue weighted by atomic mass is 9.73. The number of halogens is 3. The topological polar surface area (TPSA) is 70.1 Å². The zero-order valence-corrected chi connectivity index (χ0v) is 23.9. The first-order valence-corrected chi connectivity index (χ1v) is 14.3. The fraction of sp³-hybridized carbons (Fsp3) is 0.226. The van der Waals surface area contributed by atoms with Crippen molar-refractivity contribution in [2.24, 2.45) is 5.73 Å². The van der Waals surface area contributed by atoms with Crippen molar-refractivity contribution in [2.75, 3.05) is 4.90 Å². The normalized spacial score (nSPS) is 17.4. The van der Waals surface area contributed by atoms with Crippen molar-refractivity contribution in [3.8, 4) is 6.07 Å². The summed E-state index contributed by atoms with van der Waals surface area (Å²) in [6.45, 7) is 4.03. The second-order valence-corrected chi connectivity index (χ2v) is 11.7. The van der Waals surface area contributed by atoms with E-state index in [1.807, 2.05) is 19.9 Å². The van der Waals surface area contributed by atoms with Crippen molar-refractivity contribution in [3.05, 3.63) is 115 Å². The second-order valence-electron chi connectivity index (χ2n) is 9.79. The number of Topliss-reactive ketones (excluding diaryl/α,β-unsaturated/α-hetero) is 1. The molecule has 5 rings (SSSR count). The highest BCUT2D eigenvalue weighted by Gasteiger charge is 2.41. The lowest BCUT2D eigenvalue weighted by Gasteiger charge is -2.40. The third-order valence-electron chi connectivity index (χ3n) is 7.28. The molecule has 1 atom stereocenters. The van der Waals surface area contributed by atoms with E-state index in [1.54, 1.807) is 47.0 Å². The minimum atomic E-state index is -0.574. The maximum Gasteiger partial charge on any atom is 0.161 e. The number of allylic oxidation sites excluding steroid dienone is 3. The first kappa shape index (κ1) is 27.3. The van der Waals surface area contributed by atoms with Gasteiger partial charge in [0.2, 0.25) is 0 Å². The minimum absolute atomic E-state index is 0.0136. The number of carbonyl (C=O) groups excluding carboxylic acids is 1. The average molecular weight is 579 g/mol. The van der Waals surface area contributed by atoms with Gasteiger partial charge < -0.3 is 5.73 Å². The van der Waals surface area contributed by atoms with Crippen LogP contribution in [0.4, 0.5) is 10.1 Å². The van der Waals surface area contributed by atoms with Gasteiger partial charge >= 0.3 is 0 Å². The molecular formula is C31H26Cl2FN3OS. The van der Waals surface area contributed by atoms with E-state index in [4.69, 9.17) is 28.9 Å². The van der Waals surface area contributed by atoms with Crippen molar-refractivity contribution in [3.63, 3.8) is 0 Å². The Hall–Kier alpha value is -3.24. The van der Waals surface area contributed by atoms with E-state index in [1.165, 1.54) is 12.1 Å². The number of anilines is 1. The number of nitrogens with zero attached hydrogens (tertiary/aromatic N) is 2. The Kier molecular flexibility index (Phi) is 7.77. The molecule has 0 fully saturated rings. The lowest BCUT2D eigenvalue weighted by molar-refractivity contribution is -0.116. The van der Waals surface area contributed by atoms with Crippen molar-refractivity contribution in [1.29, 1.82) is 5.26 Å². The van der Waals surface area contributed by atoms with Gasteiger partial charge in [0.15, 0.2) is 5.78 Å². The van der Waals surface area contributed by atoms with Crippen molar-refractivity contribution in [2.45, 2.75) is 49.7 Å². The van der Waals surface area contributed by atoms with Crippen molar-refractivity contribution < 1.29 is 9.18 Å². The van der Waals surface area contributed by atoms with Gasteiger partial charge in [-0.05, 0) is 85.8 Å². The molecule has 0 saturated heterocycles. The molecule has 3 aromatic carbocycles. The fourth-order valence-corrected chi connectivity index (χ4v) is 6.88. The summed E-state index contributed by atoms with van der Waals surface area (Å²) < 4.78 is 13.4. The number of aryl methyl sites for hydroxylation is 1. The maximum atomic E-state index is 13.6. The summed E-state index contributed by atoms with van der Waals surface area (Å²) in [6, 6.07) is 18.0. The van der Waals surface area contributed by atoms with Crippen LogP contribution in [-0.2, 0) is 10.5 Å². The van der Waals surface area contributed by atoms with Crippen LogP contribution in [0.2, 0.25) is 10.0 Å². The number of thioether (sulfide) groups is 1. The van der Waals surface area contributed by atoms with Crippen LogP contribution in [0.3, 0.4) is 0 Å². The van der Waals surface area contributed by atoms with Crippen LogP contribution in [0.5, 0.6) is 0 Å². The molecule has 0 amide bonds. The Morgan fingerprint density at radius 2 is 1.85 bits per heavy atom. The largest absolute Gasteiger partial charge is 0.384 e. The summed E-state index contributed by atoms with van der Waals surface area (Å²) in [5.41, 5.74) is 13.0. The van der Waals surface area contributed by atoms with E-state index in [0.29, 0.717) is 51.9 Å². The first-order chi connectivity index (χ1) is 18.7. The molecule has 0 radical (unpaired) electrons. The second kappa shape index (κ2) is 11.1. The van der Waals surface area contributed by atoms with Gasteiger partial charge in [0.1, 0.15) is 11.6 Å². The highest BCUT2D eigenvalue weighted by atomic mass is 35.5.